The predicted octanol–water partition coefficient (Wildman–Crippen LogP) is 4.93. The zero-order valence-electron chi connectivity index (χ0n) is 19.6. The van der Waals surface area contributed by atoms with Crippen LogP contribution in [0.15, 0.2) is 60.8 Å². The summed E-state index contributed by atoms with van der Waals surface area (Å²) in [5.74, 6) is -1.62. The molecular formula is C27H23ClF2N4O2S. The number of nitrogens with one attached hydrogen (secondary N) is 2. The first kappa shape index (κ1) is 26.6. The molecule has 190 valence electrons. The molecule has 0 unspecified atom stereocenters. The molecule has 1 saturated heterocycles. The Morgan fingerprint density at radius 3 is 2.41 bits per heavy atom. The fourth-order valence-electron chi connectivity index (χ4n) is 4.05. The fraction of sp³-hybridized carbons (Fsp3) is 0.259. The van der Waals surface area contributed by atoms with Gasteiger partial charge in [-0.3, -0.25) is 14.6 Å². The summed E-state index contributed by atoms with van der Waals surface area (Å²) in [6, 6.07) is 14.5. The SMILES string of the molecule is N#CC1(NC(=O)[C@H](Cc2c(F)cccc2F)NC(=O)c2ccc(-c3ccccc3Cl)nc2)CCSCC1. The number of rotatable bonds is 7. The number of carbonyl (C=O) groups is 2. The Balaban J connectivity index is 1.57. The molecule has 1 fully saturated rings. The number of thioether (sulfide) groups is 1. The minimum absolute atomic E-state index is 0.145. The number of nitriles is 1. The summed E-state index contributed by atoms with van der Waals surface area (Å²) in [5.41, 5.74) is -0.0454. The maximum atomic E-state index is 14.4. The number of hydrogen-bond acceptors (Lipinski definition) is 5. The fourth-order valence-corrected chi connectivity index (χ4v) is 5.47. The lowest BCUT2D eigenvalue weighted by Crippen LogP contribution is -2.57. The molecular weight excluding hydrogens is 518 g/mol. The third-order valence-corrected chi connectivity index (χ3v) is 7.51. The zero-order valence-corrected chi connectivity index (χ0v) is 21.2. The van der Waals surface area contributed by atoms with E-state index in [9.17, 15) is 23.6 Å². The first-order chi connectivity index (χ1) is 17.8. The summed E-state index contributed by atoms with van der Waals surface area (Å²) in [7, 11) is 0. The van der Waals surface area contributed by atoms with Crippen LogP contribution in [0.3, 0.4) is 0 Å². The van der Waals surface area contributed by atoms with Gasteiger partial charge in [-0.1, -0.05) is 35.9 Å². The number of aromatic nitrogens is 1. The molecule has 37 heavy (non-hydrogen) atoms. The molecule has 1 aliphatic rings. The predicted molar refractivity (Wildman–Crippen MR) is 139 cm³/mol. The molecule has 2 amide bonds. The third kappa shape index (κ3) is 6.27. The highest BCUT2D eigenvalue weighted by molar-refractivity contribution is 7.99. The van der Waals surface area contributed by atoms with Crippen LogP contribution < -0.4 is 10.6 Å². The summed E-state index contributed by atoms with van der Waals surface area (Å²) in [6.07, 6.45) is 1.77. The molecule has 1 atom stereocenters. The van der Waals surface area contributed by atoms with E-state index >= 15 is 0 Å². The first-order valence-corrected chi connectivity index (χ1v) is 13.1. The van der Waals surface area contributed by atoms with Gasteiger partial charge in [0.15, 0.2) is 0 Å². The minimum Gasteiger partial charge on any atom is -0.340 e. The van der Waals surface area contributed by atoms with Crippen LogP contribution in [-0.4, -0.2) is 39.9 Å². The first-order valence-electron chi connectivity index (χ1n) is 11.6. The Morgan fingerprint density at radius 1 is 1.08 bits per heavy atom. The molecule has 2 aromatic carbocycles. The van der Waals surface area contributed by atoms with Gasteiger partial charge in [0.25, 0.3) is 5.91 Å². The van der Waals surface area contributed by atoms with Crippen LogP contribution in [0.25, 0.3) is 11.3 Å². The Morgan fingerprint density at radius 2 is 1.78 bits per heavy atom. The van der Waals surface area contributed by atoms with E-state index in [0.717, 1.165) is 12.1 Å². The van der Waals surface area contributed by atoms with Gasteiger partial charge in [-0.2, -0.15) is 17.0 Å². The van der Waals surface area contributed by atoms with Crippen molar-refractivity contribution in [3.8, 4) is 17.3 Å². The van der Waals surface area contributed by atoms with Crippen molar-refractivity contribution in [3.63, 3.8) is 0 Å². The van der Waals surface area contributed by atoms with Gasteiger partial charge >= 0.3 is 0 Å². The second-order valence-corrected chi connectivity index (χ2v) is 10.3. The van der Waals surface area contributed by atoms with Gasteiger partial charge in [0.2, 0.25) is 5.91 Å². The van der Waals surface area contributed by atoms with E-state index < -0.39 is 41.5 Å². The van der Waals surface area contributed by atoms with Crippen molar-refractivity contribution < 1.29 is 18.4 Å². The molecule has 0 spiro atoms. The van der Waals surface area contributed by atoms with Crippen molar-refractivity contribution in [2.45, 2.75) is 30.8 Å². The van der Waals surface area contributed by atoms with Gasteiger partial charge in [0, 0.05) is 28.8 Å². The lowest BCUT2D eigenvalue weighted by atomic mass is 9.93. The summed E-state index contributed by atoms with van der Waals surface area (Å²) in [5, 5.41) is 15.6. The summed E-state index contributed by atoms with van der Waals surface area (Å²) in [4.78, 5) is 30.7. The van der Waals surface area contributed by atoms with Crippen molar-refractivity contribution in [2.75, 3.05) is 11.5 Å². The molecule has 1 aromatic heterocycles. The van der Waals surface area contributed by atoms with E-state index in [-0.39, 0.29) is 11.1 Å². The van der Waals surface area contributed by atoms with Gasteiger partial charge in [-0.25, -0.2) is 8.78 Å². The average molecular weight is 541 g/mol. The molecule has 10 heteroatoms. The molecule has 6 nitrogen and oxygen atoms in total. The Labute approximate surface area is 222 Å². The molecule has 3 aromatic rings. The van der Waals surface area contributed by atoms with Crippen molar-refractivity contribution in [3.05, 3.63) is 88.6 Å². The topological polar surface area (TPSA) is 94.9 Å². The van der Waals surface area contributed by atoms with Crippen molar-refractivity contribution in [1.82, 2.24) is 15.6 Å². The van der Waals surface area contributed by atoms with E-state index in [2.05, 4.69) is 21.7 Å². The second kappa shape index (κ2) is 11.7. The number of nitrogens with zero attached hydrogens (tertiary/aromatic N) is 2. The van der Waals surface area contributed by atoms with Crippen LogP contribution in [-0.2, 0) is 11.2 Å². The van der Waals surface area contributed by atoms with Crippen molar-refractivity contribution in [2.24, 2.45) is 0 Å². The summed E-state index contributed by atoms with van der Waals surface area (Å²) < 4.78 is 28.8. The molecule has 1 aliphatic heterocycles. The highest BCUT2D eigenvalue weighted by atomic mass is 35.5. The maximum absolute atomic E-state index is 14.4. The molecule has 2 N–H and O–H groups in total. The monoisotopic (exact) mass is 540 g/mol. The summed E-state index contributed by atoms with van der Waals surface area (Å²) >= 11 is 7.90. The quantitative estimate of drug-likeness (QED) is 0.443. The van der Waals surface area contributed by atoms with Crippen molar-refractivity contribution >= 4 is 35.2 Å². The molecule has 2 heterocycles. The second-order valence-electron chi connectivity index (χ2n) is 8.64. The average Bonchev–Trinajstić information content (AvgIpc) is 2.91. The molecule has 0 aliphatic carbocycles. The molecule has 0 bridgehead atoms. The van der Waals surface area contributed by atoms with Crippen LogP contribution in [0.5, 0.6) is 0 Å². The van der Waals surface area contributed by atoms with E-state index in [1.54, 1.807) is 36.0 Å². The Hall–Kier alpha value is -3.48. The van der Waals surface area contributed by atoms with Gasteiger partial charge in [-0.05, 0) is 54.7 Å². The van der Waals surface area contributed by atoms with E-state index in [0.29, 0.717) is 40.6 Å². The Kier molecular flexibility index (Phi) is 8.41. The molecule has 4 rings (SSSR count). The number of carbonyl (C=O) groups excluding carboxylic acids is 2. The van der Waals surface area contributed by atoms with E-state index in [1.165, 1.54) is 18.3 Å². The maximum Gasteiger partial charge on any atom is 0.253 e. The van der Waals surface area contributed by atoms with Crippen LogP contribution in [0.1, 0.15) is 28.8 Å². The lowest BCUT2D eigenvalue weighted by molar-refractivity contribution is -0.124. The number of benzene rings is 2. The van der Waals surface area contributed by atoms with Crippen LogP contribution in [0.2, 0.25) is 5.02 Å². The highest BCUT2D eigenvalue weighted by Crippen LogP contribution is 2.27. The van der Waals surface area contributed by atoms with Gasteiger partial charge < -0.3 is 10.6 Å². The van der Waals surface area contributed by atoms with Crippen LogP contribution >= 0.6 is 23.4 Å². The van der Waals surface area contributed by atoms with Gasteiger partial charge in [-0.15, -0.1) is 0 Å². The number of halogens is 3. The summed E-state index contributed by atoms with van der Waals surface area (Å²) in [6.45, 7) is 0. The lowest BCUT2D eigenvalue weighted by Gasteiger charge is -2.33. The standard InChI is InChI=1S/C27H23ClF2N4O2S/c28-20-5-2-1-4-18(20)23-9-8-17(15-32-23)25(35)33-24(14-19-21(29)6-3-7-22(19)30)26(36)34-27(16-31)10-12-37-13-11-27/h1-9,15,24H,10-14H2,(H,33,35)(H,34,36)/t24-/m0/s1. The van der Waals surface area contributed by atoms with E-state index in [1.807, 2.05) is 6.07 Å². The normalized spacial score (nSPS) is 15.3. The van der Waals surface area contributed by atoms with Crippen LogP contribution in [0.4, 0.5) is 8.78 Å². The van der Waals surface area contributed by atoms with Gasteiger partial charge in [0.05, 0.1) is 17.3 Å². The van der Waals surface area contributed by atoms with Crippen molar-refractivity contribution in [1.29, 1.82) is 5.26 Å². The zero-order chi connectivity index (χ0) is 26.4. The minimum atomic E-state index is -1.33. The van der Waals surface area contributed by atoms with Crippen LogP contribution in [0, 0.1) is 23.0 Å². The number of hydrogen-bond donors (Lipinski definition) is 2. The highest BCUT2D eigenvalue weighted by Gasteiger charge is 2.36. The van der Waals surface area contributed by atoms with Gasteiger partial charge in [0.1, 0.15) is 23.2 Å². The number of pyridine rings is 1. The van der Waals surface area contributed by atoms with E-state index in [4.69, 9.17) is 11.6 Å². The number of amides is 2. The molecule has 0 saturated carbocycles. The third-order valence-electron chi connectivity index (χ3n) is 6.19. The largest absolute Gasteiger partial charge is 0.340 e. The Bertz CT molecular complexity index is 1320. The smallest absolute Gasteiger partial charge is 0.253 e. The molecule has 0 radical (unpaired) electrons.